The summed E-state index contributed by atoms with van der Waals surface area (Å²) in [5.41, 5.74) is 11.3. The Bertz CT molecular complexity index is 410. The number of phosphoric ester groups is 1. The van der Waals surface area contributed by atoms with Crippen LogP contribution >= 0.6 is 7.82 Å². The minimum Gasteiger partial charge on any atom is -0.394 e. The molecule has 0 aromatic rings. The van der Waals surface area contributed by atoms with Crippen molar-refractivity contribution >= 4 is 7.82 Å². The summed E-state index contributed by atoms with van der Waals surface area (Å²) in [5, 5.41) is 17.8. The zero-order chi connectivity index (χ0) is 20.3. The molecule has 10 heteroatoms. The Morgan fingerprint density at radius 2 is 1.37 bits per heavy atom. The van der Waals surface area contributed by atoms with Crippen molar-refractivity contribution in [2.45, 2.75) is 101 Å². The molecule has 27 heavy (non-hydrogen) atoms. The van der Waals surface area contributed by atoms with Gasteiger partial charge < -0.3 is 36.2 Å². The summed E-state index contributed by atoms with van der Waals surface area (Å²) in [6, 6.07) is 1.07. The second-order valence-electron chi connectivity index (χ2n) is 7.48. The molecule has 8 N–H and O–H groups in total. The number of nitrogens with two attached hydrogens (primary N) is 2. The summed E-state index contributed by atoms with van der Waals surface area (Å²) >= 11 is 0. The lowest BCUT2D eigenvalue weighted by molar-refractivity contribution is -0.102. The van der Waals surface area contributed by atoms with Crippen LogP contribution in [0.1, 0.15) is 70.6 Å². The fourth-order valence-corrected chi connectivity index (χ4v) is 3.79. The Balaban J connectivity index is 0.000000220. The van der Waals surface area contributed by atoms with Crippen LogP contribution in [0.15, 0.2) is 0 Å². The lowest BCUT2D eigenvalue weighted by Crippen LogP contribution is -2.24. The van der Waals surface area contributed by atoms with Gasteiger partial charge in [-0.05, 0) is 25.7 Å². The number of phosphoric acid groups is 1. The van der Waals surface area contributed by atoms with E-state index in [-0.39, 0.29) is 6.42 Å². The SMILES string of the molecule is NC1CCCCC1.NC1CCCCC1.O=P(O)(O)O[C@H]1C[C@H](O)[C@@H](CO)O1. The fourth-order valence-electron chi connectivity index (χ4n) is 3.34. The smallest absolute Gasteiger partial charge is 0.394 e. The van der Waals surface area contributed by atoms with Crippen molar-refractivity contribution in [2.24, 2.45) is 11.5 Å². The van der Waals surface area contributed by atoms with E-state index in [0.29, 0.717) is 12.1 Å². The van der Waals surface area contributed by atoms with E-state index in [9.17, 15) is 4.57 Å². The van der Waals surface area contributed by atoms with Gasteiger partial charge in [0.05, 0.1) is 12.7 Å². The molecule has 1 saturated heterocycles. The Morgan fingerprint density at radius 3 is 1.63 bits per heavy atom. The average molecular weight is 412 g/mol. The highest BCUT2D eigenvalue weighted by Gasteiger charge is 2.37. The van der Waals surface area contributed by atoms with Gasteiger partial charge in [-0.25, -0.2) is 4.57 Å². The van der Waals surface area contributed by atoms with Crippen LogP contribution in [0.5, 0.6) is 0 Å². The van der Waals surface area contributed by atoms with E-state index >= 15 is 0 Å². The van der Waals surface area contributed by atoms with Crippen LogP contribution in [-0.4, -0.2) is 57.2 Å². The molecule has 1 aliphatic heterocycles. The molecular weight excluding hydrogens is 375 g/mol. The van der Waals surface area contributed by atoms with Crippen LogP contribution in [0.25, 0.3) is 0 Å². The second kappa shape index (κ2) is 13.2. The molecule has 2 saturated carbocycles. The molecule has 0 spiro atoms. The van der Waals surface area contributed by atoms with Crippen molar-refractivity contribution in [3.63, 3.8) is 0 Å². The maximum atomic E-state index is 10.3. The third-order valence-corrected chi connectivity index (χ3v) is 5.43. The van der Waals surface area contributed by atoms with Crippen LogP contribution in [0.3, 0.4) is 0 Å². The zero-order valence-electron chi connectivity index (χ0n) is 16.0. The summed E-state index contributed by atoms with van der Waals surface area (Å²) in [7, 11) is -4.60. The molecule has 162 valence electrons. The van der Waals surface area contributed by atoms with E-state index in [4.69, 9.17) is 36.2 Å². The first-order chi connectivity index (χ1) is 12.7. The quantitative estimate of drug-likeness (QED) is 0.372. The molecule has 0 unspecified atom stereocenters. The van der Waals surface area contributed by atoms with Crippen molar-refractivity contribution < 1.29 is 33.8 Å². The van der Waals surface area contributed by atoms with Gasteiger partial charge in [-0.2, -0.15) is 0 Å². The van der Waals surface area contributed by atoms with Crippen molar-refractivity contribution in [1.82, 2.24) is 0 Å². The van der Waals surface area contributed by atoms with Gasteiger partial charge in [0, 0.05) is 18.5 Å². The third kappa shape index (κ3) is 12.2. The summed E-state index contributed by atoms with van der Waals surface area (Å²) in [4.78, 5) is 16.8. The summed E-state index contributed by atoms with van der Waals surface area (Å²) in [5.74, 6) is 0. The van der Waals surface area contributed by atoms with Gasteiger partial charge in [-0.15, -0.1) is 0 Å². The largest absolute Gasteiger partial charge is 0.471 e. The molecule has 3 fully saturated rings. The number of rotatable bonds is 3. The van der Waals surface area contributed by atoms with Gasteiger partial charge in [-0.3, -0.25) is 4.52 Å². The van der Waals surface area contributed by atoms with E-state index in [1.807, 2.05) is 0 Å². The van der Waals surface area contributed by atoms with Gasteiger partial charge >= 0.3 is 7.82 Å². The topological polar surface area (TPSA) is 168 Å². The van der Waals surface area contributed by atoms with Crippen molar-refractivity contribution in [1.29, 1.82) is 0 Å². The van der Waals surface area contributed by atoms with Crippen LogP contribution in [0.4, 0.5) is 0 Å². The molecule has 0 aromatic carbocycles. The van der Waals surface area contributed by atoms with Crippen LogP contribution in [0.2, 0.25) is 0 Å². The molecule has 0 aromatic heterocycles. The second-order valence-corrected chi connectivity index (χ2v) is 8.67. The predicted octanol–water partition coefficient (Wildman–Crippen LogP) is 1.12. The minimum absolute atomic E-state index is 0.0592. The first kappa shape index (κ1) is 24.9. The number of aliphatic hydroxyl groups is 2. The van der Waals surface area contributed by atoms with E-state index in [0.717, 1.165) is 0 Å². The van der Waals surface area contributed by atoms with Crippen LogP contribution in [0, 0.1) is 0 Å². The summed E-state index contributed by atoms with van der Waals surface area (Å²) < 4.78 is 19.3. The lowest BCUT2D eigenvalue weighted by Gasteiger charge is -2.15. The Kier molecular flexibility index (Phi) is 12.2. The first-order valence-corrected chi connectivity index (χ1v) is 11.4. The molecule has 0 radical (unpaired) electrons. The third-order valence-electron chi connectivity index (χ3n) is 4.92. The van der Waals surface area contributed by atoms with Crippen LogP contribution < -0.4 is 11.5 Å². The number of hydrogen-bond acceptors (Lipinski definition) is 7. The van der Waals surface area contributed by atoms with Gasteiger partial charge in [0.15, 0.2) is 6.29 Å². The fraction of sp³-hybridized carbons (Fsp3) is 1.00. The summed E-state index contributed by atoms with van der Waals surface area (Å²) in [6.07, 6.45) is 10.3. The molecule has 0 amide bonds. The normalized spacial score (nSPS) is 30.1. The van der Waals surface area contributed by atoms with Crippen LogP contribution in [-0.2, 0) is 13.8 Å². The Hall–Kier alpha value is -0.0900. The molecule has 3 rings (SSSR count). The van der Waals surface area contributed by atoms with E-state index in [1.165, 1.54) is 64.2 Å². The number of hydrogen-bond donors (Lipinski definition) is 6. The van der Waals surface area contributed by atoms with E-state index in [1.54, 1.807) is 0 Å². The van der Waals surface area contributed by atoms with Gasteiger partial charge in [0.25, 0.3) is 0 Å². The van der Waals surface area contributed by atoms with Crippen molar-refractivity contribution in [3.05, 3.63) is 0 Å². The number of ether oxygens (including phenoxy) is 1. The molecule has 3 aliphatic rings. The Morgan fingerprint density at radius 1 is 0.926 bits per heavy atom. The average Bonchev–Trinajstić information content (AvgIpc) is 2.95. The summed E-state index contributed by atoms with van der Waals surface area (Å²) in [6.45, 7) is -0.414. The Labute approximate surface area is 161 Å². The van der Waals surface area contributed by atoms with Gasteiger partial charge in [0.1, 0.15) is 6.10 Å². The predicted molar refractivity (Wildman–Crippen MR) is 102 cm³/mol. The standard InChI is InChI=1S/2C6H13N.C5H11O7P/c2*7-6-4-2-1-3-5-6;6-2-4-3(7)1-5(11-4)12-13(8,9)10/h2*6H,1-5,7H2;3-7H,1-2H2,(H2,8,9,10)/t;;3-,4+,5-/m..0/s1. The molecule has 3 atom stereocenters. The number of aliphatic hydroxyl groups excluding tert-OH is 2. The monoisotopic (exact) mass is 412 g/mol. The highest BCUT2D eigenvalue weighted by Crippen LogP contribution is 2.40. The van der Waals surface area contributed by atoms with Gasteiger partial charge in [0.2, 0.25) is 0 Å². The van der Waals surface area contributed by atoms with E-state index < -0.39 is 32.9 Å². The minimum atomic E-state index is -4.60. The highest BCUT2D eigenvalue weighted by atomic mass is 31.2. The maximum absolute atomic E-state index is 10.3. The van der Waals surface area contributed by atoms with E-state index in [2.05, 4.69) is 4.52 Å². The lowest BCUT2D eigenvalue weighted by atomic mass is 9.97. The molecule has 1 heterocycles. The van der Waals surface area contributed by atoms with Crippen molar-refractivity contribution in [2.75, 3.05) is 6.61 Å². The molecular formula is C17H37N2O7P. The molecule has 9 nitrogen and oxygen atoms in total. The van der Waals surface area contributed by atoms with Gasteiger partial charge in [-0.1, -0.05) is 38.5 Å². The molecule has 0 bridgehead atoms. The van der Waals surface area contributed by atoms with Crippen molar-refractivity contribution in [3.8, 4) is 0 Å². The highest BCUT2D eigenvalue weighted by molar-refractivity contribution is 7.46. The zero-order valence-corrected chi connectivity index (χ0v) is 16.9. The first-order valence-electron chi connectivity index (χ1n) is 9.90. The molecule has 2 aliphatic carbocycles. The maximum Gasteiger partial charge on any atom is 0.471 e.